The van der Waals surface area contributed by atoms with Gasteiger partial charge in [-0.1, -0.05) is 29.8 Å². The van der Waals surface area contributed by atoms with Crippen LogP contribution in [0, 0.1) is 5.82 Å². The van der Waals surface area contributed by atoms with Gasteiger partial charge in [-0.2, -0.15) is 0 Å². The van der Waals surface area contributed by atoms with Crippen LogP contribution in [-0.4, -0.2) is 6.54 Å². The lowest BCUT2D eigenvalue weighted by Crippen LogP contribution is -2.15. The van der Waals surface area contributed by atoms with Gasteiger partial charge in [0.1, 0.15) is 5.82 Å². The van der Waals surface area contributed by atoms with Gasteiger partial charge >= 0.3 is 0 Å². The Kier molecular flexibility index (Phi) is 4.11. The molecular formula is C11H13ClFN. The highest BCUT2D eigenvalue weighted by Gasteiger charge is 2.00. The highest BCUT2D eigenvalue weighted by Crippen LogP contribution is 2.15. The van der Waals surface area contributed by atoms with Gasteiger partial charge in [-0.3, -0.25) is 0 Å². The van der Waals surface area contributed by atoms with E-state index in [9.17, 15) is 4.39 Å². The van der Waals surface area contributed by atoms with Gasteiger partial charge in [-0.25, -0.2) is 4.39 Å². The second-order valence-electron chi connectivity index (χ2n) is 3.31. The molecule has 0 bridgehead atoms. The zero-order valence-corrected chi connectivity index (χ0v) is 8.87. The van der Waals surface area contributed by atoms with Crippen molar-refractivity contribution < 1.29 is 4.39 Å². The fourth-order valence-corrected chi connectivity index (χ4v) is 1.19. The van der Waals surface area contributed by atoms with Crippen molar-refractivity contribution in [3.63, 3.8) is 0 Å². The molecular weight excluding hydrogens is 201 g/mol. The maximum absolute atomic E-state index is 13.0. The number of hydrogen-bond donors (Lipinski definition) is 1. The third kappa shape index (κ3) is 3.48. The van der Waals surface area contributed by atoms with E-state index in [-0.39, 0.29) is 10.8 Å². The number of rotatable bonds is 4. The molecule has 1 aromatic rings. The minimum absolute atomic E-state index is 0.161. The van der Waals surface area contributed by atoms with Gasteiger partial charge in [0.05, 0.1) is 5.02 Å². The molecule has 1 N–H and O–H groups in total. The summed E-state index contributed by atoms with van der Waals surface area (Å²) < 4.78 is 13.0. The molecule has 0 unspecified atom stereocenters. The summed E-state index contributed by atoms with van der Waals surface area (Å²) in [6, 6.07) is 4.80. The van der Waals surface area contributed by atoms with Crippen molar-refractivity contribution in [1.29, 1.82) is 0 Å². The predicted molar refractivity (Wildman–Crippen MR) is 57.9 cm³/mol. The first-order valence-corrected chi connectivity index (χ1v) is 4.76. The summed E-state index contributed by atoms with van der Waals surface area (Å²) in [6.45, 7) is 7.07. The number of benzene rings is 1. The highest BCUT2D eigenvalue weighted by molar-refractivity contribution is 6.30. The van der Waals surface area contributed by atoms with Crippen molar-refractivity contribution in [2.45, 2.75) is 13.5 Å². The van der Waals surface area contributed by atoms with Crippen LogP contribution in [0.25, 0.3) is 0 Å². The first kappa shape index (κ1) is 11.2. The molecule has 3 heteroatoms. The van der Waals surface area contributed by atoms with Crippen molar-refractivity contribution in [3.05, 3.63) is 46.8 Å². The van der Waals surface area contributed by atoms with E-state index in [1.165, 1.54) is 6.07 Å². The molecule has 1 rings (SSSR count). The van der Waals surface area contributed by atoms with Crippen LogP contribution >= 0.6 is 11.6 Å². The fraction of sp³-hybridized carbons (Fsp3) is 0.273. The van der Waals surface area contributed by atoms with E-state index < -0.39 is 0 Å². The Morgan fingerprint density at radius 2 is 2.29 bits per heavy atom. The monoisotopic (exact) mass is 213 g/mol. The Labute approximate surface area is 88.6 Å². The molecule has 0 spiro atoms. The largest absolute Gasteiger partial charge is 0.309 e. The molecule has 0 aromatic heterocycles. The van der Waals surface area contributed by atoms with Crippen molar-refractivity contribution in [2.24, 2.45) is 0 Å². The Balaban J connectivity index is 2.51. The summed E-state index contributed by atoms with van der Waals surface area (Å²) in [6.07, 6.45) is 0. The van der Waals surface area contributed by atoms with Gasteiger partial charge in [0, 0.05) is 13.1 Å². The first-order chi connectivity index (χ1) is 6.59. The smallest absolute Gasteiger partial charge is 0.142 e. The van der Waals surface area contributed by atoms with Crippen molar-refractivity contribution >= 4 is 11.6 Å². The lowest BCUT2D eigenvalue weighted by molar-refractivity contribution is 0.623. The van der Waals surface area contributed by atoms with E-state index in [1.54, 1.807) is 12.1 Å². The minimum atomic E-state index is -0.374. The number of hydrogen-bond acceptors (Lipinski definition) is 1. The Morgan fingerprint density at radius 1 is 1.57 bits per heavy atom. The Bertz CT molecular complexity index is 336. The van der Waals surface area contributed by atoms with E-state index in [4.69, 9.17) is 11.6 Å². The van der Waals surface area contributed by atoms with Crippen molar-refractivity contribution in [3.8, 4) is 0 Å². The summed E-state index contributed by atoms with van der Waals surface area (Å²) in [5, 5.41) is 3.30. The van der Waals surface area contributed by atoms with E-state index >= 15 is 0 Å². The van der Waals surface area contributed by atoms with Crippen molar-refractivity contribution in [1.82, 2.24) is 5.32 Å². The van der Waals surface area contributed by atoms with E-state index in [2.05, 4.69) is 11.9 Å². The van der Waals surface area contributed by atoms with Gasteiger partial charge in [0.25, 0.3) is 0 Å². The van der Waals surface area contributed by atoms with Crippen molar-refractivity contribution in [2.75, 3.05) is 6.54 Å². The third-order valence-corrected chi connectivity index (χ3v) is 2.05. The van der Waals surface area contributed by atoms with Crippen LogP contribution in [0.1, 0.15) is 12.5 Å². The molecule has 0 aliphatic heterocycles. The predicted octanol–water partition coefficient (Wildman–Crippen LogP) is 3.14. The molecule has 14 heavy (non-hydrogen) atoms. The average Bonchev–Trinajstić information content (AvgIpc) is 2.10. The van der Waals surface area contributed by atoms with Gasteiger partial charge in [0.2, 0.25) is 0 Å². The van der Waals surface area contributed by atoms with Gasteiger partial charge in [0.15, 0.2) is 0 Å². The normalized spacial score (nSPS) is 10.2. The van der Waals surface area contributed by atoms with Crippen LogP contribution in [0.3, 0.4) is 0 Å². The van der Waals surface area contributed by atoms with E-state index in [0.717, 1.165) is 17.7 Å². The molecule has 0 fully saturated rings. The van der Waals surface area contributed by atoms with Crippen LogP contribution in [-0.2, 0) is 6.54 Å². The quantitative estimate of drug-likeness (QED) is 0.758. The molecule has 0 heterocycles. The zero-order valence-electron chi connectivity index (χ0n) is 8.11. The van der Waals surface area contributed by atoms with Gasteiger partial charge in [-0.15, -0.1) is 0 Å². The summed E-state index contributed by atoms with van der Waals surface area (Å²) in [5.74, 6) is -0.374. The lowest BCUT2D eigenvalue weighted by atomic mass is 10.2. The topological polar surface area (TPSA) is 12.0 Å². The highest BCUT2D eigenvalue weighted by atomic mass is 35.5. The van der Waals surface area contributed by atoms with Gasteiger partial charge in [-0.05, 0) is 24.6 Å². The lowest BCUT2D eigenvalue weighted by Gasteiger charge is -2.04. The minimum Gasteiger partial charge on any atom is -0.309 e. The third-order valence-electron chi connectivity index (χ3n) is 1.74. The molecule has 0 aliphatic rings. The molecule has 0 aliphatic carbocycles. The number of nitrogens with one attached hydrogen (secondary N) is 1. The average molecular weight is 214 g/mol. The van der Waals surface area contributed by atoms with Crippen LogP contribution in [0.4, 0.5) is 4.39 Å². The van der Waals surface area contributed by atoms with E-state index in [0.29, 0.717) is 6.54 Å². The second-order valence-corrected chi connectivity index (χ2v) is 3.72. The number of halogens is 2. The Morgan fingerprint density at radius 3 is 2.86 bits per heavy atom. The second kappa shape index (κ2) is 5.13. The molecule has 0 atom stereocenters. The maximum Gasteiger partial charge on any atom is 0.142 e. The molecule has 76 valence electrons. The standard InChI is InChI=1S/C11H13ClFN/c1-8(2)6-14-7-9-3-4-10(12)11(13)5-9/h3-5,14H,1,6-7H2,2H3. The molecule has 0 saturated heterocycles. The first-order valence-electron chi connectivity index (χ1n) is 4.38. The fourth-order valence-electron chi connectivity index (χ4n) is 1.07. The summed E-state index contributed by atoms with van der Waals surface area (Å²) in [4.78, 5) is 0. The Hall–Kier alpha value is -0.860. The molecule has 0 amide bonds. The van der Waals surface area contributed by atoms with Crippen LogP contribution in [0.5, 0.6) is 0 Å². The van der Waals surface area contributed by atoms with E-state index in [1.807, 2.05) is 6.92 Å². The molecule has 1 nitrogen and oxygen atoms in total. The maximum atomic E-state index is 13.0. The van der Waals surface area contributed by atoms with Gasteiger partial charge < -0.3 is 5.32 Å². The summed E-state index contributed by atoms with van der Waals surface area (Å²) in [5.41, 5.74) is 1.94. The summed E-state index contributed by atoms with van der Waals surface area (Å²) in [7, 11) is 0. The molecule has 1 aromatic carbocycles. The molecule has 0 saturated carbocycles. The zero-order chi connectivity index (χ0) is 10.6. The van der Waals surface area contributed by atoms with Crippen LogP contribution < -0.4 is 5.32 Å². The summed E-state index contributed by atoms with van der Waals surface area (Å²) >= 11 is 5.56. The van der Waals surface area contributed by atoms with Crippen LogP contribution in [0.15, 0.2) is 30.4 Å². The SMILES string of the molecule is C=C(C)CNCc1ccc(Cl)c(F)c1. The molecule has 0 radical (unpaired) electrons. The van der Waals surface area contributed by atoms with Crippen LogP contribution in [0.2, 0.25) is 5.02 Å².